The van der Waals surface area contributed by atoms with E-state index in [0.717, 1.165) is 17.1 Å². The molecule has 2 heteroatoms. The van der Waals surface area contributed by atoms with Gasteiger partial charge in [0.15, 0.2) is 0 Å². The van der Waals surface area contributed by atoms with Gasteiger partial charge in [-0.05, 0) is 55.9 Å². The molecule has 0 amide bonds. The molecule has 2 aliphatic rings. The Hall–Kier alpha value is 0.310. The lowest BCUT2D eigenvalue weighted by Crippen LogP contribution is -2.45. The second-order valence-corrected chi connectivity index (χ2v) is 4.57. The minimum Gasteiger partial charge on any atom is -0.317 e. The average Bonchev–Trinajstić information content (AvgIpc) is 2.01. The van der Waals surface area contributed by atoms with Crippen LogP contribution in [-0.2, 0) is 0 Å². The van der Waals surface area contributed by atoms with E-state index in [0.29, 0.717) is 0 Å². The fraction of sp³-hybridized carbons (Fsp3) is 1.00. The molecule has 1 saturated heterocycles. The summed E-state index contributed by atoms with van der Waals surface area (Å²) >= 11 is 4.33. The van der Waals surface area contributed by atoms with Gasteiger partial charge in [0.1, 0.15) is 0 Å². The van der Waals surface area contributed by atoms with Crippen molar-refractivity contribution < 1.29 is 0 Å². The second kappa shape index (κ2) is 2.98. The van der Waals surface area contributed by atoms with E-state index in [1.54, 1.807) is 0 Å². The van der Waals surface area contributed by atoms with Crippen molar-refractivity contribution in [1.82, 2.24) is 5.32 Å². The van der Waals surface area contributed by atoms with Crippen LogP contribution in [0, 0.1) is 11.3 Å². The van der Waals surface area contributed by atoms with Gasteiger partial charge in [-0.3, -0.25) is 0 Å². The average molecular weight is 171 g/mol. The molecule has 2 fully saturated rings. The lowest BCUT2D eigenvalue weighted by molar-refractivity contribution is 0.0341. The van der Waals surface area contributed by atoms with Crippen molar-refractivity contribution in [2.24, 2.45) is 11.3 Å². The van der Waals surface area contributed by atoms with E-state index in [1.807, 2.05) is 0 Å². The maximum absolute atomic E-state index is 4.33. The van der Waals surface area contributed by atoms with Crippen LogP contribution < -0.4 is 5.32 Å². The van der Waals surface area contributed by atoms with Gasteiger partial charge in [-0.15, -0.1) is 0 Å². The third-order valence-corrected chi connectivity index (χ3v) is 3.88. The monoisotopic (exact) mass is 171 g/mol. The Morgan fingerprint density at radius 2 is 1.91 bits per heavy atom. The molecular weight excluding hydrogens is 154 g/mol. The van der Waals surface area contributed by atoms with Crippen molar-refractivity contribution in [2.45, 2.75) is 25.7 Å². The largest absolute Gasteiger partial charge is 0.317 e. The summed E-state index contributed by atoms with van der Waals surface area (Å²) in [6.45, 7) is 2.50. The Morgan fingerprint density at radius 3 is 2.45 bits per heavy atom. The van der Waals surface area contributed by atoms with E-state index in [1.165, 1.54) is 38.8 Å². The number of hydrogen-bond donors (Lipinski definition) is 2. The summed E-state index contributed by atoms with van der Waals surface area (Å²) < 4.78 is 0. The molecule has 0 aromatic heterocycles. The highest BCUT2D eigenvalue weighted by Crippen LogP contribution is 2.51. The SMILES string of the molecule is SCC1CC2(CCNCC2)C1. The van der Waals surface area contributed by atoms with E-state index in [4.69, 9.17) is 0 Å². The zero-order chi connectivity index (χ0) is 7.73. The quantitative estimate of drug-likeness (QED) is 0.572. The molecule has 1 saturated carbocycles. The van der Waals surface area contributed by atoms with Crippen molar-refractivity contribution in [3.63, 3.8) is 0 Å². The number of rotatable bonds is 1. The highest BCUT2D eigenvalue weighted by Gasteiger charge is 2.43. The summed E-state index contributed by atoms with van der Waals surface area (Å²) in [6, 6.07) is 0. The third-order valence-electron chi connectivity index (χ3n) is 3.37. The summed E-state index contributed by atoms with van der Waals surface area (Å²) in [5.74, 6) is 2.05. The lowest BCUT2D eigenvalue weighted by Gasteiger charge is -2.50. The molecule has 2 rings (SSSR count). The van der Waals surface area contributed by atoms with Crippen LogP contribution in [0.2, 0.25) is 0 Å². The first-order valence-corrected chi connectivity index (χ1v) is 5.29. The minimum atomic E-state index is 0.763. The molecule has 0 bridgehead atoms. The summed E-state index contributed by atoms with van der Waals surface area (Å²) in [4.78, 5) is 0. The van der Waals surface area contributed by atoms with Gasteiger partial charge >= 0.3 is 0 Å². The van der Waals surface area contributed by atoms with Crippen LogP contribution in [0.4, 0.5) is 0 Å². The van der Waals surface area contributed by atoms with Crippen LogP contribution in [-0.4, -0.2) is 18.8 Å². The number of hydrogen-bond acceptors (Lipinski definition) is 2. The summed E-state index contributed by atoms with van der Waals surface area (Å²) in [6.07, 6.45) is 5.74. The predicted octanol–water partition coefficient (Wildman–Crippen LogP) is 1.70. The molecule has 0 unspecified atom stereocenters. The van der Waals surface area contributed by atoms with Gasteiger partial charge in [-0.1, -0.05) is 0 Å². The van der Waals surface area contributed by atoms with Crippen LogP contribution in [0.25, 0.3) is 0 Å². The zero-order valence-corrected chi connectivity index (χ0v) is 7.87. The van der Waals surface area contributed by atoms with Gasteiger partial charge in [0.05, 0.1) is 0 Å². The molecule has 64 valence electrons. The molecule has 1 nitrogen and oxygen atoms in total. The van der Waals surface area contributed by atoms with Crippen LogP contribution in [0.1, 0.15) is 25.7 Å². The van der Waals surface area contributed by atoms with E-state index < -0.39 is 0 Å². The van der Waals surface area contributed by atoms with Crippen molar-refractivity contribution in [3.8, 4) is 0 Å². The predicted molar refractivity (Wildman–Crippen MR) is 51.1 cm³/mol. The first-order valence-electron chi connectivity index (χ1n) is 4.66. The van der Waals surface area contributed by atoms with Gasteiger partial charge < -0.3 is 5.32 Å². The van der Waals surface area contributed by atoms with Crippen molar-refractivity contribution in [1.29, 1.82) is 0 Å². The van der Waals surface area contributed by atoms with Crippen molar-refractivity contribution >= 4 is 12.6 Å². The number of thiol groups is 1. The molecule has 0 aromatic rings. The van der Waals surface area contributed by atoms with Gasteiger partial charge in [-0.2, -0.15) is 12.6 Å². The lowest BCUT2D eigenvalue weighted by atomic mass is 9.58. The summed E-state index contributed by atoms with van der Waals surface area (Å²) in [5.41, 5.74) is 0.763. The molecular formula is C9H17NS. The topological polar surface area (TPSA) is 12.0 Å². The van der Waals surface area contributed by atoms with Crippen LogP contribution in [0.3, 0.4) is 0 Å². The van der Waals surface area contributed by atoms with Crippen LogP contribution in [0.5, 0.6) is 0 Å². The fourth-order valence-electron chi connectivity index (χ4n) is 2.66. The molecule has 1 aliphatic carbocycles. The molecule has 1 aliphatic heterocycles. The van der Waals surface area contributed by atoms with Crippen molar-refractivity contribution in [3.05, 3.63) is 0 Å². The number of piperidine rings is 1. The zero-order valence-electron chi connectivity index (χ0n) is 6.97. The Balaban J connectivity index is 1.84. The molecule has 1 heterocycles. The van der Waals surface area contributed by atoms with Gasteiger partial charge in [0.2, 0.25) is 0 Å². The molecule has 0 radical (unpaired) electrons. The number of nitrogens with one attached hydrogen (secondary N) is 1. The Bertz CT molecular complexity index is 132. The van der Waals surface area contributed by atoms with E-state index in [9.17, 15) is 0 Å². The molecule has 1 spiro atoms. The van der Waals surface area contributed by atoms with Gasteiger partial charge in [0.25, 0.3) is 0 Å². The van der Waals surface area contributed by atoms with Crippen LogP contribution >= 0.6 is 12.6 Å². The molecule has 1 N–H and O–H groups in total. The third kappa shape index (κ3) is 1.43. The maximum atomic E-state index is 4.33. The molecule has 0 aromatic carbocycles. The minimum absolute atomic E-state index is 0.763. The first-order chi connectivity index (χ1) is 5.35. The van der Waals surface area contributed by atoms with Gasteiger partial charge in [0, 0.05) is 0 Å². The van der Waals surface area contributed by atoms with E-state index in [2.05, 4.69) is 17.9 Å². The van der Waals surface area contributed by atoms with E-state index in [-0.39, 0.29) is 0 Å². The summed E-state index contributed by atoms with van der Waals surface area (Å²) in [7, 11) is 0. The highest BCUT2D eigenvalue weighted by molar-refractivity contribution is 7.80. The first kappa shape index (κ1) is 7.93. The molecule has 0 atom stereocenters. The second-order valence-electron chi connectivity index (χ2n) is 4.21. The normalized spacial score (nSPS) is 30.3. The van der Waals surface area contributed by atoms with E-state index >= 15 is 0 Å². The highest BCUT2D eigenvalue weighted by atomic mass is 32.1. The Morgan fingerprint density at radius 1 is 1.27 bits per heavy atom. The van der Waals surface area contributed by atoms with Gasteiger partial charge in [-0.25, -0.2) is 0 Å². The standard InChI is InChI=1S/C9H17NS/c11-7-8-5-9(6-8)1-3-10-4-2-9/h8,10-11H,1-7H2. The van der Waals surface area contributed by atoms with Crippen LogP contribution in [0.15, 0.2) is 0 Å². The molecule has 11 heavy (non-hydrogen) atoms. The Kier molecular flexibility index (Phi) is 2.15. The Labute approximate surface area is 74.4 Å². The fourth-order valence-corrected chi connectivity index (χ4v) is 2.92. The smallest absolute Gasteiger partial charge is 0.00436 e. The maximum Gasteiger partial charge on any atom is -0.00436 e. The van der Waals surface area contributed by atoms with Crippen molar-refractivity contribution in [2.75, 3.05) is 18.8 Å². The summed E-state index contributed by atoms with van der Waals surface area (Å²) in [5, 5.41) is 3.42.